The van der Waals surface area contributed by atoms with Crippen LogP contribution >= 0.6 is 0 Å². The third-order valence-corrected chi connectivity index (χ3v) is 5.93. The van der Waals surface area contributed by atoms with E-state index in [1.54, 1.807) is 12.1 Å². The maximum absolute atomic E-state index is 12.9. The van der Waals surface area contributed by atoms with E-state index in [1.807, 2.05) is 32.0 Å². The largest absolute Gasteiger partial charge is 0.326 e. The van der Waals surface area contributed by atoms with Gasteiger partial charge in [0.15, 0.2) is 0 Å². The molecule has 2 aromatic rings. The highest BCUT2D eigenvalue weighted by atomic mass is 32.2. The number of anilines is 1. The van der Waals surface area contributed by atoms with Crippen LogP contribution in [0.3, 0.4) is 0 Å². The minimum Gasteiger partial charge on any atom is -0.326 e. The number of hydrogen-bond acceptors (Lipinski definition) is 3. The summed E-state index contributed by atoms with van der Waals surface area (Å²) in [6.45, 7) is 5.28. The maximum atomic E-state index is 12.9. The number of rotatable bonds is 9. The maximum Gasteiger partial charge on any atom is 0.240 e. The summed E-state index contributed by atoms with van der Waals surface area (Å²) in [7, 11) is -3.66. The summed E-state index contributed by atoms with van der Waals surface area (Å²) < 4.78 is 28.5. The minimum atomic E-state index is -3.66. The summed E-state index contributed by atoms with van der Waals surface area (Å²) in [5.41, 5.74) is 2.53. The number of nitrogens with one attached hydrogen (secondary N) is 2. The van der Waals surface area contributed by atoms with Gasteiger partial charge in [0.25, 0.3) is 0 Å². The molecule has 0 aliphatic rings. The lowest BCUT2D eigenvalue weighted by molar-refractivity contribution is -0.114. The van der Waals surface area contributed by atoms with Crippen molar-refractivity contribution in [1.82, 2.24) is 4.72 Å². The first-order valence-electron chi connectivity index (χ1n) is 9.26. The normalized spacial score (nSPS) is 12.6. The molecule has 0 heterocycles. The number of aryl methyl sites for hydroxylation is 2. The monoisotopic (exact) mass is 388 g/mol. The van der Waals surface area contributed by atoms with E-state index in [9.17, 15) is 13.2 Å². The van der Waals surface area contributed by atoms with Crippen molar-refractivity contribution in [3.05, 3.63) is 59.7 Å². The molecule has 146 valence electrons. The molecule has 0 radical (unpaired) electrons. The highest BCUT2D eigenvalue weighted by Gasteiger charge is 2.20. The van der Waals surface area contributed by atoms with Gasteiger partial charge >= 0.3 is 0 Å². The van der Waals surface area contributed by atoms with Gasteiger partial charge in [-0.3, -0.25) is 4.79 Å². The van der Waals surface area contributed by atoms with E-state index < -0.39 is 10.0 Å². The van der Waals surface area contributed by atoms with Crippen molar-refractivity contribution < 1.29 is 13.2 Å². The Morgan fingerprint density at radius 3 is 2.41 bits per heavy atom. The molecule has 0 spiro atoms. The van der Waals surface area contributed by atoms with Gasteiger partial charge in [-0.1, -0.05) is 49.7 Å². The molecule has 0 bridgehead atoms. The quantitative estimate of drug-likeness (QED) is 0.681. The summed E-state index contributed by atoms with van der Waals surface area (Å²) in [6.07, 6.45) is 3.23. The van der Waals surface area contributed by atoms with Crippen LogP contribution < -0.4 is 10.0 Å². The van der Waals surface area contributed by atoms with E-state index in [0.29, 0.717) is 5.69 Å². The molecule has 5 nitrogen and oxygen atoms in total. The lowest BCUT2D eigenvalue weighted by Crippen LogP contribution is -2.35. The molecular formula is C21H28N2O3S. The van der Waals surface area contributed by atoms with Crippen LogP contribution in [0.5, 0.6) is 0 Å². The predicted molar refractivity (Wildman–Crippen MR) is 109 cm³/mol. The van der Waals surface area contributed by atoms with Crippen LogP contribution in [0.2, 0.25) is 0 Å². The van der Waals surface area contributed by atoms with Crippen LogP contribution in [-0.4, -0.2) is 20.4 Å². The Morgan fingerprint density at radius 1 is 1.07 bits per heavy atom. The Bertz CT molecular complexity index is 864. The summed E-state index contributed by atoms with van der Waals surface area (Å²) in [4.78, 5) is 11.5. The van der Waals surface area contributed by atoms with E-state index in [2.05, 4.69) is 22.2 Å². The van der Waals surface area contributed by atoms with Gasteiger partial charge in [0, 0.05) is 18.7 Å². The average Bonchev–Trinajstić information content (AvgIpc) is 2.62. The van der Waals surface area contributed by atoms with Crippen molar-refractivity contribution >= 4 is 21.6 Å². The van der Waals surface area contributed by atoms with Crippen LogP contribution in [0.25, 0.3) is 0 Å². The second-order valence-corrected chi connectivity index (χ2v) is 8.50. The van der Waals surface area contributed by atoms with E-state index in [1.165, 1.54) is 18.6 Å². The lowest BCUT2D eigenvalue weighted by atomic mass is 10.0. The SMILES string of the molecule is CCC[C@@H](CCc1ccccc1)NS(=O)(=O)c1ccc(C)c(NC(C)=O)c1. The minimum absolute atomic E-state index is 0.134. The Hall–Kier alpha value is -2.18. The topological polar surface area (TPSA) is 75.3 Å². The smallest absolute Gasteiger partial charge is 0.240 e. The van der Waals surface area contributed by atoms with Gasteiger partial charge in [0.2, 0.25) is 15.9 Å². The molecule has 1 amide bonds. The molecule has 0 aliphatic carbocycles. The van der Waals surface area contributed by atoms with Crippen LogP contribution in [0, 0.1) is 6.92 Å². The molecule has 6 heteroatoms. The van der Waals surface area contributed by atoms with Gasteiger partial charge in [0.1, 0.15) is 0 Å². The van der Waals surface area contributed by atoms with Gasteiger partial charge in [-0.2, -0.15) is 0 Å². The van der Waals surface area contributed by atoms with Crippen LogP contribution in [0.4, 0.5) is 5.69 Å². The summed E-state index contributed by atoms with van der Waals surface area (Å²) in [6, 6.07) is 14.7. The van der Waals surface area contributed by atoms with Crippen molar-refractivity contribution in [2.24, 2.45) is 0 Å². The number of benzene rings is 2. The zero-order chi connectivity index (χ0) is 19.9. The van der Waals surface area contributed by atoms with Crippen molar-refractivity contribution in [2.75, 3.05) is 5.32 Å². The van der Waals surface area contributed by atoms with Crippen molar-refractivity contribution in [1.29, 1.82) is 0 Å². The molecule has 0 saturated carbocycles. The van der Waals surface area contributed by atoms with Gasteiger partial charge < -0.3 is 5.32 Å². The molecule has 0 unspecified atom stereocenters. The first-order chi connectivity index (χ1) is 12.8. The molecule has 2 N–H and O–H groups in total. The Kier molecular flexibility index (Phi) is 7.56. The fourth-order valence-electron chi connectivity index (χ4n) is 2.98. The molecule has 1 atom stereocenters. The average molecular weight is 389 g/mol. The third-order valence-electron chi connectivity index (χ3n) is 4.41. The zero-order valence-corrected chi connectivity index (χ0v) is 17.0. The van der Waals surface area contributed by atoms with Crippen molar-refractivity contribution in [2.45, 2.75) is 57.4 Å². The second kappa shape index (κ2) is 9.67. The number of carbonyl (C=O) groups is 1. The molecule has 0 aliphatic heterocycles. The van der Waals surface area contributed by atoms with Gasteiger partial charge in [0.05, 0.1) is 4.90 Å². The van der Waals surface area contributed by atoms with E-state index >= 15 is 0 Å². The fourth-order valence-corrected chi connectivity index (χ4v) is 4.31. The Morgan fingerprint density at radius 2 is 1.78 bits per heavy atom. The van der Waals surface area contributed by atoms with Crippen LogP contribution in [-0.2, 0) is 21.2 Å². The zero-order valence-electron chi connectivity index (χ0n) is 16.2. The number of hydrogen-bond donors (Lipinski definition) is 2. The number of amides is 1. The molecule has 0 saturated heterocycles. The van der Waals surface area contributed by atoms with Gasteiger partial charge in [-0.25, -0.2) is 13.1 Å². The summed E-state index contributed by atoms with van der Waals surface area (Å²) in [5, 5.41) is 2.68. The fraction of sp³-hybridized carbons (Fsp3) is 0.381. The molecule has 0 aromatic heterocycles. The van der Waals surface area contributed by atoms with Gasteiger partial charge in [-0.15, -0.1) is 0 Å². The van der Waals surface area contributed by atoms with Crippen LogP contribution in [0.1, 0.15) is 44.2 Å². The summed E-state index contributed by atoms with van der Waals surface area (Å²) >= 11 is 0. The number of carbonyl (C=O) groups excluding carboxylic acids is 1. The Balaban J connectivity index is 2.14. The molecule has 27 heavy (non-hydrogen) atoms. The first kappa shape index (κ1) is 21.1. The predicted octanol–water partition coefficient (Wildman–Crippen LogP) is 4.03. The highest BCUT2D eigenvalue weighted by Crippen LogP contribution is 2.21. The Labute approximate surface area is 162 Å². The molecular weight excluding hydrogens is 360 g/mol. The van der Waals surface area contributed by atoms with E-state index in [4.69, 9.17) is 0 Å². The third kappa shape index (κ3) is 6.48. The van der Waals surface area contributed by atoms with E-state index in [0.717, 1.165) is 31.2 Å². The lowest BCUT2D eigenvalue weighted by Gasteiger charge is -2.19. The molecule has 2 rings (SSSR count). The van der Waals surface area contributed by atoms with Crippen molar-refractivity contribution in [3.63, 3.8) is 0 Å². The standard InChI is InChI=1S/C21H28N2O3S/c1-4-8-19(13-12-18-9-6-5-7-10-18)23-27(25,26)20-14-11-16(2)21(15-20)22-17(3)24/h5-7,9-11,14-15,19,23H,4,8,12-13H2,1-3H3,(H,22,24)/t19-/m0/s1. The molecule has 0 fully saturated rings. The van der Waals surface area contributed by atoms with Crippen LogP contribution in [0.15, 0.2) is 53.4 Å². The number of sulfonamides is 1. The van der Waals surface area contributed by atoms with E-state index in [-0.39, 0.29) is 16.8 Å². The van der Waals surface area contributed by atoms with Crippen molar-refractivity contribution in [3.8, 4) is 0 Å². The second-order valence-electron chi connectivity index (χ2n) is 6.79. The highest BCUT2D eigenvalue weighted by molar-refractivity contribution is 7.89. The molecule has 2 aromatic carbocycles. The first-order valence-corrected chi connectivity index (χ1v) is 10.7. The summed E-state index contributed by atoms with van der Waals surface area (Å²) in [5.74, 6) is -0.229. The van der Waals surface area contributed by atoms with Gasteiger partial charge in [-0.05, 0) is 49.4 Å².